The van der Waals surface area contributed by atoms with Crippen molar-refractivity contribution < 1.29 is 0 Å². The van der Waals surface area contributed by atoms with Gasteiger partial charge in [-0.15, -0.1) is 0 Å². The number of halogens is 1. The maximum Gasteiger partial charge on any atom is 0.143 e. The minimum atomic E-state index is 0.745. The Labute approximate surface area is 112 Å². The first-order chi connectivity index (χ1) is 8.27. The second-order valence-electron chi connectivity index (χ2n) is 5.36. The highest BCUT2D eigenvalue weighted by atomic mass is 79.9. The monoisotopic (exact) mass is 294 g/mol. The Morgan fingerprint density at radius 1 is 1.29 bits per heavy atom. The Morgan fingerprint density at radius 2 is 2.12 bits per heavy atom. The van der Waals surface area contributed by atoms with Gasteiger partial charge in [0.25, 0.3) is 0 Å². The van der Waals surface area contributed by atoms with E-state index in [2.05, 4.69) is 38.8 Å². The third-order valence-corrected chi connectivity index (χ3v) is 5.31. The largest absolute Gasteiger partial charge is 0.352 e. The molecule has 0 aromatic carbocycles. The number of hydrogen-bond acceptors (Lipinski definition) is 2. The summed E-state index contributed by atoms with van der Waals surface area (Å²) in [4.78, 5) is 7.16. The predicted molar refractivity (Wildman–Crippen MR) is 74.4 cm³/mol. The number of pyridine rings is 1. The number of anilines is 1. The van der Waals surface area contributed by atoms with Gasteiger partial charge in [-0.1, -0.05) is 6.42 Å². The summed E-state index contributed by atoms with van der Waals surface area (Å²) in [6.45, 7) is 3.32. The van der Waals surface area contributed by atoms with Crippen LogP contribution in [0.5, 0.6) is 0 Å². The lowest BCUT2D eigenvalue weighted by Crippen LogP contribution is -2.43. The first kappa shape index (κ1) is 11.5. The Balaban J connectivity index is 1.94. The second-order valence-corrected chi connectivity index (χ2v) is 6.15. The van der Waals surface area contributed by atoms with Crippen molar-refractivity contribution in [2.24, 2.45) is 5.92 Å². The molecule has 1 saturated heterocycles. The molecule has 0 radical (unpaired) electrons. The Kier molecular flexibility index (Phi) is 3.12. The van der Waals surface area contributed by atoms with Crippen LogP contribution < -0.4 is 4.90 Å². The molecule has 3 rings (SSSR count). The zero-order valence-corrected chi connectivity index (χ0v) is 11.9. The normalized spacial score (nSPS) is 28.2. The molecule has 2 aliphatic rings. The molecular formula is C14H19BrN2. The smallest absolute Gasteiger partial charge is 0.143 e. The van der Waals surface area contributed by atoms with Gasteiger partial charge >= 0.3 is 0 Å². The molecule has 2 atom stereocenters. The van der Waals surface area contributed by atoms with Crippen molar-refractivity contribution in [3.63, 3.8) is 0 Å². The van der Waals surface area contributed by atoms with Gasteiger partial charge in [-0.2, -0.15) is 0 Å². The van der Waals surface area contributed by atoms with Crippen LogP contribution in [0.2, 0.25) is 0 Å². The molecule has 1 saturated carbocycles. The molecule has 0 bridgehead atoms. The Hall–Kier alpha value is -0.570. The zero-order chi connectivity index (χ0) is 11.8. The van der Waals surface area contributed by atoms with Gasteiger partial charge in [0.1, 0.15) is 5.82 Å². The summed E-state index contributed by atoms with van der Waals surface area (Å²) in [5.74, 6) is 2.08. The van der Waals surface area contributed by atoms with Crippen LogP contribution in [0, 0.1) is 12.8 Å². The molecule has 2 fully saturated rings. The highest BCUT2D eigenvalue weighted by Crippen LogP contribution is 2.40. The van der Waals surface area contributed by atoms with Gasteiger partial charge in [0.15, 0.2) is 0 Å². The molecule has 1 aromatic rings. The van der Waals surface area contributed by atoms with Crippen LogP contribution in [0.4, 0.5) is 5.82 Å². The van der Waals surface area contributed by atoms with Gasteiger partial charge in [0.2, 0.25) is 0 Å². The molecule has 92 valence electrons. The molecule has 3 heteroatoms. The molecule has 1 aliphatic carbocycles. The van der Waals surface area contributed by atoms with E-state index in [1.54, 1.807) is 0 Å². The zero-order valence-electron chi connectivity index (χ0n) is 10.3. The van der Waals surface area contributed by atoms with Gasteiger partial charge in [0, 0.05) is 18.8 Å². The van der Waals surface area contributed by atoms with Gasteiger partial charge in [0.05, 0.1) is 4.47 Å². The van der Waals surface area contributed by atoms with E-state index < -0.39 is 0 Å². The van der Waals surface area contributed by atoms with Gasteiger partial charge in [-0.25, -0.2) is 4.98 Å². The number of piperidine rings is 1. The number of fused-ring (bicyclic) bond motifs is 1. The Bertz CT molecular complexity index is 419. The third kappa shape index (κ3) is 1.99. The number of hydrogen-bond donors (Lipinski definition) is 0. The maximum absolute atomic E-state index is 4.60. The summed E-state index contributed by atoms with van der Waals surface area (Å²) >= 11 is 3.71. The molecule has 2 heterocycles. The summed E-state index contributed by atoms with van der Waals surface area (Å²) in [5.41, 5.74) is 1.29. The van der Waals surface area contributed by atoms with E-state index in [0.717, 1.165) is 12.0 Å². The lowest BCUT2D eigenvalue weighted by Gasteiger charge is -2.39. The first-order valence-corrected chi connectivity index (χ1v) is 7.44. The third-order valence-electron chi connectivity index (χ3n) is 4.33. The highest BCUT2D eigenvalue weighted by molar-refractivity contribution is 9.10. The average molecular weight is 295 g/mol. The fourth-order valence-electron chi connectivity index (χ4n) is 3.44. The van der Waals surface area contributed by atoms with Crippen molar-refractivity contribution in [2.45, 2.75) is 45.1 Å². The summed E-state index contributed by atoms with van der Waals surface area (Å²) in [5, 5.41) is 0. The fraction of sp³-hybridized carbons (Fsp3) is 0.643. The quantitative estimate of drug-likeness (QED) is 0.780. The lowest BCUT2D eigenvalue weighted by atomic mass is 9.92. The molecule has 1 aliphatic heterocycles. The summed E-state index contributed by atoms with van der Waals surface area (Å²) in [6.07, 6.45) is 8.86. The number of rotatable bonds is 1. The summed E-state index contributed by atoms with van der Waals surface area (Å²) in [6, 6.07) is 2.82. The van der Waals surface area contributed by atoms with Crippen LogP contribution in [0.1, 0.15) is 37.7 Å². The van der Waals surface area contributed by atoms with Crippen LogP contribution in [-0.2, 0) is 0 Å². The SMILES string of the molecule is Cc1ccnc(N2CCCC3CCCC32)c1Br. The van der Waals surface area contributed by atoms with E-state index in [-0.39, 0.29) is 0 Å². The van der Waals surface area contributed by atoms with Crippen molar-refractivity contribution in [3.05, 3.63) is 22.3 Å². The van der Waals surface area contributed by atoms with E-state index >= 15 is 0 Å². The molecule has 0 N–H and O–H groups in total. The molecule has 0 spiro atoms. The fourth-order valence-corrected chi connectivity index (χ4v) is 3.91. The van der Waals surface area contributed by atoms with E-state index in [0.29, 0.717) is 0 Å². The van der Waals surface area contributed by atoms with E-state index in [4.69, 9.17) is 0 Å². The van der Waals surface area contributed by atoms with Gasteiger partial charge < -0.3 is 4.90 Å². The van der Waals surface area contributed by atoms with Crippen molar-refractivity contribution in [1.29, 1.82) is 0 Å². The van der Waals surface area contributed by atoms with Crippen LogP contribution in [-0.4, -0.2) is 17.6 Å². The first-order valence-electron chi connectivity index (χ1n) is 6.65. The van der Waals surface area contributed by atoms with E-state index in [9.17, 15) is 0 Å². The summed E-state index contributed by atoms with van der Waals surface area (Å²) < 4.78 is 1.19. The van der Waals surface area contributed by atoms with Crippen molar-refractivity contribution in [2.75, 3.05) is 11.4 Å². The number of aromatic nitrogens is 1. The Morgan fingerprint density at radius 3 is 3.00 bits per heavy atom. The minimum absolute atomic E-state index is 0.745. The number of aryl methyl sites for hydroxylation is 1. The molecular weight excluding hydrogens is 276 g/mol. The number of nitrogens with zero attached hydrogens (tertiary/aromatic N) is 2. The maximum atomic E-state index is 4.60. The van der Waals surface area contributed by atoms with Crippen molar-refractivity contribution in [1.82, 2.24) is 4.98 Å². The van der Waals surface area contributed by atoms with Crippen LogP contribution in [0.25, 0.3) is 0 Å². The molecule has 0 amide bonds. The molecule has 1 aromatic heterocycles. The van der Waals surface area contributed by atoms with E-state index in [1.165, 1.54) is 54.5 Å². The molecule has 2 nitrogen and oxygen atoms in total. The van der Waals surface area contributed by atoms with Crippen LogP contribution in [0.3, 0.4) is 0 Å². The van der Waals surface area contributed by atoms with Crippen LogP contribution in [0.15, 0.2) is 16.7 Å². The summed E-state index contributed by atoms with van der Waals surface area (Å²) in [7, 11) is 0. The predicted octanol–water partition coefficient (Wildman–Crippen LogP) is 3.92. The average Bonchev–Trinajstić information content (AvgIpc) is 2.81. The van der Waals surface area contributed by atoms with Gasteiger partial charge in [-0.3, -0.25) is 0 Å². The standard InChI is InChI=1S/C14H19BrN2/c1-10-7-8-16-14(13(10)15)17-9-3-5-11-4-2-6-12(11)17/h7-8,11-12H,2-6,9H2,1H3. The second kappa shape index (κ2) is 4.60. The van der Waals surface area contributed by atoms with Crippen molar-refractivity contribution >= 4 is 21.7 Å². The topological polar surface area (TPSA) is 16.1 Å². The van der Waals surface area contributed by atoms with E-state index in [1.807, 2.05) is 6.20 Å². The molecule has 2 unspecified atom stereocenters. The van der Waals surface area contributed by atoms with Gasteiger partial charge in [-0.05, 0) is 66.1 Å². The highest BCUT2D eigenvalue weighted by Gasteiger charge is 2.36. The lowest BCUT2D eigenvalue weighted by molar-refractivity contribution is 0.360. The van der Waals surface area contributed by atoms with Crippen molar-refractivity contribution in [3.8, 4) is 0 Å². The van der Waals surface area contributed by atoms with Crippen LogP contribution >= 0.6 is 15.9 Å². The minimum Gasteiger partial charge on any atom is -0.352 e. The molecule has 17 heavy (non-hydrogen) atoms.